The molecule has 1 N–H and O–H groups in total. The smallest absolute Gasteiger partial charge is 0.0955 e. The molecule has 0 spiro atoms. The molecular formula is C5H9N2. The highest BCUT2D eigenvalue weighted by Crippen LogP contribution is 1.95. The summed E-state index contributed by atoms with van der Waals surface area (Å²) in [5.41, 5.74) is 0. The predicted molar refractivity (Wildman–Crippen MR) is 28.2 cm³/mol. The van der Waals surface area contributed by atoms with E-state index in [9.17, 15) is 0 Å². The summed E-state index contributed by atoms with van der Waals surface area (Å²) in [7, 11) is 1.99. The van der Waals surface area contributed by atoms with E-state index < -0.39 is 0 Å². The second-order valence-electron chi connectivity index (χ2n) is 1.73. The van der Waals surface area contributed by atoms with Gasteiger partial charge in [-0.3, -0.25) is 0 Å². The van der Waals surface area contributed by atoms with E-state index >= 15 is 0 Å². The van der Waals surface area contributed by atoms with Crippen LogP contribution in [0.15, 0.2) is 6.20 Å². The van der Waals surface area contributed by atoms with Crippen LogP contribution in [0.5, 0.6) is 0 Å². The van der Waals surface area contributed by atoms with E-state index in [4.69, 9.17) is 0 Å². The Morgan fingerprint density at radius 3 is 2.71 bits per heavy atom. The zero-order chi connectivity index (χ0) is 5.28. The summed E-state index contributed by atoms with van der Waals surface area (Å²) < 4.78 is 0. The van der Waals surface area contributed by atoms with Gasteiger partial charge >= 0.3 is 0 Å². The Morgan fingerprint density at radius 1 is 1.86 bits per heavy atom. The van der Waals surface area contributed by atoms with Crippen molar-refractivity contribution in [1.82, 2.24) is 10.2 Å². The fourth-order valence-electron chi connectivity index (χ4n) is 0.483. The van der Waals surface area contributed by atoms with E-state index in [1.54, 1.807) is 0 Å². The third-order valence-corrected chi connectivity index (χ3v) is 1.17. The number of nitrogens with zero attached hydrogens (tertiary/aromatic N) is 1. The summed E-state index contributed by atoms with van der Waals surface area (Å²) in [5.74, 6) is 0. The Balaban J connectivity index is 2.45. The quantitative estimate of drug-likeness (QED) is 0.462. The summed E-state index contributed by atoms with van der Waals surface area (Å²) in [6.07, 6.45) is 5.22. The Morgan fingerprint density at radius 2 is 2.57 bits per heavy atom. The molecule has 0 aromatic heterocycles. The summed E-state index contributed by atoms with van der Waals surface area (Å²) in [4.78, 5) is 1.99. The Labute approximate surface area is 43.8 Å². The fourth-order valence-corrected chi connectivity index (χ4v) is 0.483. The zero-order valence-electron chi connectivity index (χ0n) is 4.60. The standard InChI is InChI=1S/C5H9N2/c1-5-6-3-4-7(5)2/h3,5-6H,1-2H3. The lowest BCUT2D eigenvalue weighted by Gasteiger charge is -2.13. The maximum Gasteiger partial charge on any atom is 0.0955 e. The number of hydrogen-bond donors (Lipinski definition) is 1. The minimum absolute atomic E-state index is 0.431. The molecule has 0 saturated heterocycles. The lowest BCUT2D eigenvalue weighted by Crippen LogP contribution is -2.28. The SMILES string of the molecule is CC1NC=[C]N1C. The summed E-state index contributed by atoms with van der Waals surface area (Å²) in [6.45, 7) is 2.08. The summed E-state index contributed by atoms with van der Waals surface area (Å²) in [5, 5.41) is 3.06. The molecule has 0 fully saturated rings. The summed E-state index contributed by atoms with van der Waals surface area (Å²) >= 11 is 0. The van der Waals surface area contributed by atoms with Crippen molar-refractivity contribution < 1.29 is 0 Å². The molecule has 7 heavy (non-hydrogen) atoms. The van der Waals surface area contributed by atoms with Crippen molar-refractivity contribution in [2.75, 3.05) is 7.05 Å². The number of rotatable bonds is 0. The van der Waals surface area contributed by atoms with Gasteiger partial charge in [0, 0.05) is 13.2 Å². The van der Waals surface area contributed by atoms with Crippen molar-refractivity contribution in [1.29, 1.82) is 0 Å². The minimum Gasteiger partial charge on any atom is -0.370 e. The van der Waals surface area contributed by atoms with Crippen LogP contribution in [-0.4, -0.2) is 18.1 Å². The first-order chi connectivity index (χ1) is 3.30. The second-order valence-corrected chi connectivity index (χ2v) is 1.73. The first-order valence-electron chi connectivity index (χ1n) is 2.37. The van der Waals surface area contributed by atoms with Crippen LogP contribution in [0.25, 0.3) is 0 Å². The van der Waals surface area contributed by atoms with Crippen molar-refractivity contribution in [2.45, 2.75) is 13.1 Å². The van der Waals surface area contributed by atoms with Crippen LogP contribution in [0.1, 0.15) is 6.92 Å². The van der Waals surface area contributed by atoms with Gasteiger partial charge in [0.1, 0.15) is 0 Å². The molecule has 0 saturated carbocycles. The first kappa shape index (κ1) is 4.50. The van der Waals surface area contributed by atoms with Gasteiger partial charge in [0.25, 0.3) is 0 Å². The van der Waals surface area contributed by atoms with Gasteiger partial charge in [0.2, 0.25) is 0 Å². The maximum atomic E-state index is 3.06. The van der Waals surface area contributed by atoms with Gasteiger partial charge in [-0.2, -0.15) is 0 Å². The number of nitrogens with one attached hydrogen (secondary N) is 1. The summed E-state index contributed by atoms with van der Waals surface area (Å²) in [6, 6.07) is 0. The normalized spacial score (nSPS) is 28.3. The van der Waals surface area contributed by atoms with Crippen molar-refractivity contribution >= 4 is 0 Å². The maximum absolute atomic E-state index is 3.06. The van der Waals surface area contributed by atoms with E-state index in [2.05, 4.69) is 18.4 Å². The van der Waals surface area contributed by atoms with Gasteiger partial charge in [0.15, 0.2) is 0 Å². The van der Waals surface area contributed by atoms with Crippen LogP contribution in [0.3, 0.4) is 0 Å². The average Bonchev–Trinajstić information content (AvgIpc) is 1.91. The van der Waals surface area contributed by atoms with Crippen molar-refractivity contribution in [3.63, 3.8) is 0 Å². The van der Waals surface area contributed by atoms with Gasteiger partial charge in [-0.25, -0.2) is 0 Å². The molecule has 0 aliphatic carbocycles. The van der Waals surface area contributed by atoms with Crippen molar-refractivity contribution in [2.24, 2.45) is 0 Å². The lowest BCUT2D eigenvalue weighted by atomic mass is 10.6. The minimum atomic E-state index is 0.431. The van der Waals surface area contributed by atoms with E-state index in [-0.39, 0.29) is 0 Å². The van der Waals surface area contributed by atoms with Gasteiger partial charge in [-0.15, -0.1) is 0 Å². The first-order valence-corrected chi connectivity index (χ1v) is 2.37. The van der Waals surface area contributed by atoms with E-state index in [1.165, 1.54) is 0 Å². The molecule has 1 radical (unpaired) electrons. The highest BCUT2D eigenvalue weighted by Gasteiger charge is 2.05. The van der Waals surface area contributed by atoms with Crippen molar-refractivity contribution in [3.8, 4) is 0 Å². The molecule has 0 bridgehead atoms. The van der Waals surface area contributed by atoms with E-state index in [1.807, 2.05) is 18.1 Å². The third kappa shape index (κ3) is 0.683. The Kier molecular flexibility index (Phi) is 0.929. The molecule has 1 heterocycles. The Bertz CT molecular complexity index is 88.1. The zero-order valence-corrected chi connectivity index (χ0v) is 4.60. The molecule has 2 nitrogen and oxygen atoms in total. The monoisotopic (exact) mass is 97.1 g/mol. The van der Waals surface area contributed by atoms with Gasteiger partial charge in [0.05, 0.1) is 12.4 Å². The largest absolute Gasteiger partial charge is 0.370 e. The van der Waals surface area contributed by atoms with Crippen LogP contribution >= 0.6 is 0 Å². The molecule has 1 aliphatic heterocycles. The molecule has 1 aliphatic rings. The van der Waals surface area contributed by atoms with Crippen LogP contribution < -0.4 is 5.32 Å². The fraction of sp³-hybridized carbons (Fsp3) is 0.600. The lowest BCUT2D eigenvalue weighted by molar-refractivity contribution is 0.344. The predicted octanol–water partition coefficient (Wildman–Crippen LogP) is 0.142. The van der Waals surface area contributed by atoms with Crippen LogP contribution in [0, 0.1) is 6.20 Å². The van der Waals surface area contributed by atoms with Crippen LogP contribution in [-0.2, 0) is 0 Å². The van der Waals surface area contributed by atoms with E-state index in [0.29, 0.717) is 6.17 Å². The molecule has 1 rings (SSSR count). The average molecular weight is 97.1 g/mol. The highest BCUT2D eigenvalue weighted by atomic mass is 15.3. The van der Waals surface area contributed by atoms with Gasteiger partial charge in [-0.05, 0) is 6.92 Å². The topological polar surface area (TPSA) is 15.3 Å². The van der Waals surface area contributed by atoms with Crippen LogP contribution in [0.4, 0.5) is 0 Å². The van der Waals surface area contributed by atoms with Crippen LogP contribution in [0.2, 0.25) is 0 Å². The van der Waals surface area contributed by atoms with Gasteiger partial charge < -0.3 is 10.2 Å². The molecule has 0 aromatic rings. The molecule has 1 atom stereocenters. The second kappa shape index (κ2) is 1.45. The molecule has 0 amide bonds. The number of hydrogen-bond acceptors (Lipinski definition) is 2. The molecule has 39 valence electrons. The van der Waals surface area contributed by atoms with Crippen molar-refractivity contribution in [3.05, 3.63) is 12.4 Å². The molecule has 2 heteroatoms. The third-order valence-electron chi connectivity index (χ3n) is 1.17. The van der Waals surface area contributed by atoms with Gasteiger partial charge in [-0.1, -0.05) is 0 Å². The molecule has 0 aromatic carbocycles. The molecular weight excluding hydrogens is 88.1 g/mol. The van der Waals surface area contributed by atoms with E-state index in [0.717, 1.165) is 0 Å². The highest BCUT2D eigenvalue weighted by molar-refractivity contribution is 4.83. The Hall–Kier alpha value is -0.660. The molecule has 1 unspecified atom stereocenters.